The van der Waals surface area contributed by atoms with E-state index in [2.05, 4.69) is 36.1 Å². The first-order valence-electron chi connectivity index (χ1n) is 9.11. The van der Waals surface area contributed by atoms with Gasteiger partial charge in [-0.1, -0.05) is 18.2 Å². The molecular formula is C20H21N7. The number of hydrogen-bond acceptors (Lipinski definition) is 7. The van der Waals surface area contributed by atoms with Crippen molar-refractivity contribution in [2.45, 2.75) is 0 Å². The summed E-state index contributed by atoms with van der Waals surface area (Å²) in [5, 5.41) is 13.7. The molecule has 27 heavy (non-hydrogen) atoms. The Morgan fingerprint density at radius 1 is 1.04 bits per heavy atom. The van der Waals surface area contributed by atoms with E-state index in [1.54, 1.807) is 12.4 Å². The summed E-state index contributed by atoms with van der Waals surface area (Å²) >= 11 is 0. The number of nitriles is 1. The molecule has 0 unspecified atom stereocenters. The van der Waals surface area contributed by atoms with E-state index in [9.17, 15) is 5.26 Å². The van der Waals surface area contributed by atoms with Crippen LogP contribution in [0.15, 0.2) is 48.8 Å². The van der Waals surface area contributed by atoms with Gasteiger partial charge in [-0.05, 0) is 18.2 Å². The van der Waals surface area contributed by atoms with Gasteiger partial charge in [0.2, 0.25) is 5.95 Å². The summed E-state index contributed by atoms with van der Waals surface area (Å²) in [5.74, 6) is 0.808. The largest absolute Gasteiger partial charge is 0.383 e. The summed E-state index contributed by atoms with van der Waals surface area (Å²) in [5.41, 5.74) is 2.25. The molecule has 4 rings (SSSR count). The zero-order chi connectivity index (χ0) is 18.5. The monoisotopic (exact) mass is 359 g/mol. The second kappa shape index (κ2) is 7.98. The highest BCUT2D eigenvalue weighted by Gasteiger charge is 2.18. The third-order valence-corrected chi connectivity index (χ3v) is 4.78. The SMILES string of the molecule is N#Cc1cc(NCCN2CCN(c3ncccn3)CC2)c2ccccc2n1. The molecular weight excluding hydrogens is 338 g/mol. The van der Waals surface area contributed by atoms with E-state index in [0.29, 0.717) is 5.69 Å². The van der Waals surface area contributed by atoms with Gasteiger partial charge in [0.05, 0.1) is 5.52 Å². The predicted octanol–water partition coefficient (Wildman–Crippen LogP) is 2.13. The maximum atomic E-state index is 9.21. The lowest BCUT2D eigenvalue weighted by molar-refractivity contribution is 0.266. The average Bonchev–Trinajstić information content (AvgIpc) is 2.74. The number of hydrogen-bond donors (Lipinski definition) is 1. The van der Waals surface area contributed by atoms with E-state index in [0.717, 1.165) is 61.8 Å². The second-order valence-corrected chi connectivity index (χ2v) is 6.49. The number of fused-ring (bicyclic) bond motifs is 1. The number of nitrogens with one attached hydrogen (secondary N) is 1. The molecule has 0 radical (unpaired) electrons. The minimum atomic E-state index is 0.438. The van der Waals surface area contributed by atoms with Crippen LogP contribution in [-0.4, -0.2) is 59.1 Å². The number of nitrogens with zero attached hydrogens (tertiary/aromatic N) is 6. The molecule has 1 aliphatic heterocycles. The molecule has 3 heterocycles. The standard InChI is InChI=1S/C20H21N7/c21-15-16-14-19(17-4-1-2-5-18(17)25-16)22-8-9-26-10-12-27(13-11-26)20-23-6-3-7-24-20/h1-7,14H,8-13H2,(H,22,25). The van der Waals surface area contributed by atoms with Crippen LogP contribution >= 0.6 is 0 Å². The normalized spacial score (nSPS) is 14.9. The molecule has 1 aromatic carbocycles. The molecule has 7 heteroatoms. The number of piperazine rings is 1. The topological polar surface area (TPSA) is 81.0 Å². The lowest BCUT2D eigenvalue weighted by Gasteiger charge is -2.34. The molecule has 0 spiro atoms. The van der Waals surface area contributed by atoms with Crippen molar-refractivity contribution in [1.82, 2.24) is 19.9 Å². The summed E-state index contributed by atoms with van der Waals surface area (Å²) < 4.78 is 0. The van der Waals surface area contributed by atoms with Crippen molar-refractivity contribution < 1.29 is 0 Å². The van der Waals surface area contributed by atoms with Crippen molar-refractivity contribution >= 4 is 22.5 Å². The van der Waals surface area contributed by atoms with Crippen LogP contribution in [0.5, 0.6) is 0 Å². The second-order valence-electron chi connectivity index (χ2n) is 6.49. The van der Waals surface area contributed by atoms with Crippen molar-refractivity contribution in [3.8, 4) is 6.07 Å². The lowest BCUT2D eigenvalue weighted by atomic mass is 10.1. The molecule has 1 saturated heterocycles. The number of benzene rings is 1. The van der Waals surface area contributed by atoms with Crippen LogP contribution in [-0.2, 0) is 0 Å². The number of para-hydroxylation sites is 1. The van der Waals surface area contributed by atoms with Crippen molar-refractivity contribution in [2.24, 2.45) is 0 Å². The molecule has 3 aromatic rings. The van der Waals surface area contributed by atoms with Crippen molar-refractivity contribution in [1.29, 1.82) is 5.26 Å². The molecule has 0 aliphatic carbocycles. The molecule has 1 aliphatic rings. The van der Waals surface area contributed by atoms with Crippen LogP contribution in [0.25, 0.3) is 10.9 Å². The summed E-state index contributed by atoms with van der Waals surface area (Å²) in [6.07, 6.45) is 3.57. The Balaban J connectivity index is 1.33. The maximum absolute atomic E-state index is 9.21. The van der Waals surface area contributed by atoms with E-state index < -0.39 is 0 Å². The summed E-state index contributed by atoms with van der Waals surface area (Å²) in [6, 6.07) is 13.7. The third-order valence-electron chi connectivity index (χ3n) is 4.78. The zero-order valence-electron chi connectivity index (χ0n) is 15.0. The number of anilines is 2. The Morgan fingerprint density at radius 3 is 2.59 bits per heavy atom. The van der Waals surface area contributed by atoms with Gasteiger partial charge < -0.3 is 10.2 Å². The van der Waals surface area contributed by atoms with Gasteiger partial charge in [-0.2, -0.15) is 5.26 Å². The Morgan fingerprint density at radius 2 is 1.81 bits per heavy atom. The highest BCUT2D eigenvalue weighted by Crippen LogP contribution is 2.22. The molecule has 0 amide bonds. The van der Waals surface area contributed by atoms with Crippen LogP contribution in [0.2, 0.25) is 0 Å². The number of aromatic nitrogens is 3. The van der Waals surface area contributed by atoms with E-state index in [-0.39, 0.29) is 0 Å². The van der Waals surface area contributed by atoms with E-state index in [1.807, 2.05) is 36.4 Å². The van der Waals surface area contributed by atoms with Crippen molar-refractivity contribution in [2.75, 3.05) is 49.5 Å². The molecule has 0 saturated carbocycles. The molecule has 0 bridgehead atoms. The van der Waals surface area contributed by atoms with Gasteiger partial charge in [0.15, 0.2) is 0 Å². The van der Waals surface area contributed by atoms with Gasteiger partial charge in [0, 0.05) is 62.7 Å². The van der Waals surface area contributed by atoms with Crippen LogP contribution in [0.1, 0.15) is 5.69 Å². The lowest BCUT2D eigenvalue weighted by Crippen LogP contribution is -2.48. The fourth-order valence-electron chi connectivity index (χ4n) is 3.35. The highest BCUT2D eigenvalue weighted by atomic mass is 15.3. The fraction of sp³-hybridized carbons (Fsp3) is 0.300. The van der Waals surface area contributed by atoms with Gasteiger partial charge in [0.25, 0.3) is 0 Å². The van der Waals surface area contributed by atoms with Gasteiger partial charge >= 0.3 is 0 Å². The molecule has 1 fully saturated rings. The van der Waals surface area contributed by atoms with Crippen LogP contribution < -0.4 is 10.2 Å². The Bertz CT molecular complexity index is 943. The number of rotatable bonds is 5. The van der Waals surface area contributed by atoms with E-state index in [4.69, 9.17) is 0 Å². The molecule has 2 aromatic heterocycles. The Hall–Kier alpha value is -3.24. The van der Waals surface area contributed by atoms with Crippen molar-refractivity contribution in [3.05, 3.63) is 54.5 Å². The third kappa shape index (κ3) is 3.96. The first kappa shape index (κ1) is 17.2. The van der Waals surface area contributed by atoms with E-state index in [1.165, 1.54) is 0 Å². The van der Waals surface area contributed by atoms with Gasteiger partial charge in [-0.15, -0.1) is 0 Å². The first-order valence-corrected chi connectivity index (χ1v) is 9.11. The average molecular weight is 359 g/mol. The molecule has 7 nitrogen and oxygen atoms in total. The molecule has 0 atom stereocenters. The smallest absolute Gasteiger partial charge is 0.225 e. The Kier molecular flexibility index (Phi) is 5.08. The van der Waals surface area contributed by atoms with Crippen molar-refractivity contribution in [3.63, 3.8) is 0 Å². The van der Waals surface area contributed by atoms with Crippen LogP contribution in [0.4, 0.5) is 11.6 Å². The summed E-state index contributed by atoms with van der Waals surface area (Å²) in [7, 11) is 0. The molecule has 1 N–H and O–H groups in total. The quantitative estimate of drug-likeness (QED) is 0.747. The Labute approximate surface area is 158 Å². The summed E-state index contributed by atoms with van der Waals surface area (Å²) in [6.45, 7) is 5.60. The van der Waals surface area contributed by atoms with Gasteiger partial charge in [-0.3, -0.25) is 4.90 Å². The van der Waals surface area contributed by atoms with Gasteiger partial charge in [-0.25, -0.2) is 15.0 Å². The summed E-state index contributed by atoms with van der Waals surface area (Å²) in [4.78, 5) is 17.7. The fourth-order valence-corrected chi connectivity index (χ4v) is 3.35. The first-order chi connectivity index (χ1) is 13.3. The highest BCUT2D eigenvalue weighted by molar-refractivity contribution is 5.91. The number of pyridine rings is 1. The van der Waals surface area contributed by atoms with Crippen LogP contribution in [0, 0.1) is 11.3 Å². The minimum absolute atomic E-state index is 0.438. The molecule has 136 valence electrons. The minimum Gasteiger partial charge on any atom is -0.383 e. The van der Waals surface area contributed by atoms with E-state index >= 15 is 0 Å². The van der Waals surface area contributed by atoms with Gasteiger partial charge in [0.1, 0.15) is 11.8 Å². The maximum Gasteiger partial charge on any atom is 0.225 e. The predicted molar refractivity (Wildman–Crippen MR) is 106 cm³/mol. The zero-order valence-corrected chi connectivity index (χ0v) is 15.0. The van der Waals surface area contributed by atoms with Crippen LogP contribution in [0.3, 0.4) is 0 Å².